The summed E-state index contributed by atoms with van der Waals surface area (Å²) in [5.74, 6) is 0.269. The maximum Gasteiger partial charge on any atom is 0.225 e. The Morgan fingerprint density at radius 2 is 2.14 bits per heavy atom. The minimum absolute atomic E-state index is 0.0468. The van der Waals surface area contributed by atoms with E-state index in [0.717, 1.165) is 18.5 Å². The Kier molecular flexibility index (Phi) is 4.45. The maximum atomic E-state index is 12.5. The van der Waals surface area contributed by atoms with E-state index in [4.69, 9.17) is 4.74 Å². The maximum absolute atomic E-state index is 12.5. The SMILES string of the molecule is O=C(C1CCOCC1)N1C[C@@H](Cc2cnccn2)[C@H](O)C1. The fraction of sp³-hybridized carbons (Fsp3) is 0.667. The van der Waals surface area contributed by atoms with E-state index in [9.17, 15) is 9.90 Å². The highest BCUT2D eigenvalue weighted by atomic mass is 16.5. The summed E-state index contributed by atoms with van der Waals surface area (Å²) in [5.41, 5.74) is 0.863. The molecule has 0 unspecified atom stereocenters. The predicted molar refractivity (Wildman–Crippen MR) is 75.4 cm³/mol. The van der Waals surface area contributed by atoms with E-state index >= 15 is 0 Å². The van der Waals surface area contributed by atoms with Crippen LogP contribution in [-0.2, 0) is 16.0 Å². The number of rotatable bonds is 3. The molecule has 3 heterocycles. The van der Waals surface area contributed by atoms with Crippen LogP contribution >= 0.6 is 0 Å². The summed E-state index contributed by atoms with van der Waals surface area (Å²) in [5, 5.41) is 10.2. The minimum Gasteiger partial charge on any atom is -0.391 e. The van der Waals surface area contributed by atoms with E-state index in [1.807, 2.05) is 4.90 Å². The van der Waals surface area contributed by atoms with Gasteiger partial charge in [0.25, 0.3) is 0 Å². The van der Waals surface area contributed by atoms with Gasteiger partial charge in [-0.3, -0.25) is 14.8 Å². The van der Waals surface area contributed by atoms with E-state index in [1.54, 1.807) is 18.6 Å². The number of hydrogen-bond acceptors (Lipinski definition) is 5. The van der Waals surface area contributed by atoms with Crippen LogP contribution in [0.1, 0.15) is 18.5 Å². The quantitative estimate of drug-likeness (QED) is 0.865. The second kappa shape index (κ2) is 6.49. The molecule has 2 atom stereocenters. The largest absolute Gasteiger partial charge is 0.391 e. The number of carbonyl (C=O) groups excluding carboxylic acids is 1. The van der Waals surface area contributed by atoms with Crippen LogP contribution < -0.4 is 0 Å². The van der Waals surface area contributed by atoms with Crippen molar-refractivity contribution in [2.24, 2.45) is 11.8 Å². The highest BCUT2D eigenvalue weighted by molar-refractivity contribution is 5.79. The summed E-state index contributed by atoms with van der Waals surface area (Å²) in [6.45, 7) is 2.36. The minimum atomic E-state index is -0.476. The van der Waals surface area contributed by atoms with Gasteiger partial charge in [0, 0.05) is 56.7 Å². The monoisotopic (exact) mass is 291 g/mol. The van der Waals surface area contributed by atoms with Crippen LogP contribution in [0.5, 0.6) is 0 Å². The molecule has 6 heteroatoms. The molecule has 0 radical (unpaired) electrons. The van der Waals surface area contributed by atoms with Gasteiger partial charge in [-0.2, -0.15) is 0 Å². The Morgan fingerprint density at radius 1 is 1.33 bits per heavy atom. The molecule has 1 aromatic rings. The lowest BCUT2D eigenvalue weighted by Crippen LogP contribution is -2.37. The van der Waals surface area contributed by atoms with Crippen molar-refractivity contribution < 1.29 is 14.6 Å². The second-order valence-corrected chi connectivity index (χ2v) is 5.86. The number of β-amino-alcohol motifs (C(OH)–C–C–N with tert-alkyl or cyclic N) is 1. The number of likely N-dealkylation sites (tertiary alicyclic amines) is 1. The standard InChI is InChI=1S/C15H21N3O3/c19-14-10-18(15(20)11-1-5-21-6-2-11)9-12(14)7-13-8-16-3-4-17-13/h3-4,8,11-12,14,19H,1-2,5-7,9-10H2/t12-,14-/m1/s1. The Balaban J connectivity index is 1.58. The molecule has 2 aliphatic heterocycles. The lowest BCUT2D eigenvalue weighted by atomic mass is 9.98. The highest BCUT2D eigenvalue weighted by Crippen LogP contribution is 2.25. The normalized spacial score (nSPS) is 27.0. The van der Waals surface area contributed by atoms with Gasteiger partial charge in [-0.1, -0.05) is 0 Å². The van der Waals surface area contributed by atoms with Crippen LogP contribution in [-0.4, -0.2) is 58.3 Å². The first-order valence-electron chi connectivity index (χ1n) is 7.53. The number of aliphatic hydroxyl groups excluding tert-OH is 1. The smallest absolute Gasteiger partial charge is 0.225 e. The molecule has 0 aromatic carbocycles. The Labute approximate surface area is 124 Å². The van der Waals surface area contributed by atoms with Gasteiger partial charge in [0.2, 0.25) is 5.91 Å². The fourth-order valence-electron chi connectivity index (χ4n) is 3.14. The Morgan fingerprint density at radius 3 is 2.86 bits per heavy atom. The average Bonchev–Trinajstić information content (AvgIpc) is 2.89. The highest BCUT2D eigenvalue weighted by Gasteiger charge is 2.37. The average molecular weight is 291 g/mol. The second-order valence-electron chi connectivity index (χ2n) is 5.86. The van der Waals surface area contributed by atoms with E-state index in [0.29, 0.717) is 32.7 Å². The van der Waals surface area contributed by atoms with Crippen molar-refractivity contribution in [2.45, 2.75) is 25.4 Å². The summed E-state index contributed by atoms with van der Waals surface area (Å²) >= 11 is 0. The van der Waals surface area contributed by atoms with Crippen molar-refractivity contribution in [1.29, 1.82) is 0 Å². The van der Waals surface area contributed by atoms with E-state index in [2.05, 4.69) is 9.97 Å². The zero-order valence-electron chi connectivity index (χ0n) is 12.0. The van der Waals surface area contributed by atoms with Crippen LogP contribution in [0.15, 0.2) is 18.6 Å². The number of nitrogens with zero attached hydrogens (tertiary/aromatic N) is 3. The molecule has 2 aliphatic rings. The summed E-state index contributed by atoms with van der Waals surface area (Å²) in [6, 6.07) is 0. The third-order valence-corrected chi connectivity index (χ3v) is 4.38. The first-order chi connectivity index (χ1) is 10.2. The zero-order valence-corrected chi connectivity index (χ0v) is 12.0. The summed E-state index contributed by atoms with van der Waals surface area (Å²) in [4.78, 5) is 22.6. The molecule has 21 heavy (non-hydrogen) atoms. The van der Waals surface area contributed by atoms with Crippen molar-refractivity contribution >= 4 is 5.91 Å². The van der Waals surface area contributed by atoms with Crippen LogP contribution in [0.25, 0.3) is 0 Å². The van der Waals surface area contributed by atoms with Crippen molar-refractivity contribution in [3.63, 3.8) is 0 Å². The van der Waals surface area contributed by atoms with Crippen LogP contribution in [0, 0.1) is 11.8 Å². The van der Waals surface area contributed by atoms with E-state index in [-0.39, 0.29) is 17.7 Å². The predicted octanol–water partition coefficient (Wildman–Crippen LogP) is 0.265. The Hall–Kier alpha value is -1.53. The molecule has 0 spiro atoms. The molecule has 3 rings (SSSR count). The summed E-state index contributed by atoms with van der Waals surface area (Å²) in [7, 11) is 0. The molecule has 1 amide bonds. The lowest BCUT2D eigenvalue weighted by Gasteiger charge is -2.26. The lowest BCUT2D eigenvalue weighted by molar-refractivity contribution is -0.137. The van der Waals surface area contributed by atoms with E-state index < -0.39 is 6.10 Å². The zero-order chi connectivity index (χ0) is 14.7. The van der Waals surface area contributed by atoms with Gasteiger partial charge in [-0.25, -0.2) is 0 Å². The van der Waals surface area contributed by atoms with Crippen molar-refractivity contribution in [3.8, 4) is 0 Å². The van der Waals surface area contributed by atoms with Crippen molar-refractivity contribution in [3.05, 3.63) is 24.3 Å². The van der Waals surface area contributed by atoms with Gasteiger partial charge in [0.15, 0.2) is 0 Å². The van der Waals surface area contributed by atoms with Gasteiger partial charge in [-0.05, 0) is 19.3 Å². The molecule has 0 aliphatic carbocycles. The number of aromatic nitrogens is 2. The molecular weight excluding hydrogens is 270 g/mol. The molecule has 1 N–H and O–H groups in total. The number of carbonyl (C=O) groups is 1. The number of amides is 1. The number of ether oxygens (including phenoxy) is 1. The van der Waals surface area contributed by atoms with Crippen molar-refractivity contribution in [1.82, 2.24) is 14.9 Å². The number of hydrogen-bond donors (Lipinski definition) is 1. The van der Waals surface area contributed by atoms with E-state index in [1.165, 1.54) is 0 Å². The third kappa shape index (κ3) is 3.39. The Bertz CT molecular complexity index is 476. The molecule has 2 fully saturated rings. The topological polar surface area (TPSA) is 75.5 Å². The fourth-order valence-corrected chi connectivity index (χ4v) is 3.14. The van der Waals surface area contributed by atoms with Crippen LogP contribution in [0.3, 0.4) is 0 Å². The molecular formula is C15H21N3O3. The summed E-state index contributed by atoms with van der Waals surface area (Å²) in [6.07, 6.45) is 6.77. The number of aliphatic hydroxyl groups is 1. The molecule has 6 nitrogen and oxygen atoms in total. The first kappa shape index (κ1) is 14.4. The van der Waals surface area contributed by atoms with Gasteiger partial charge in [0.1, 0.15) is 0 Å². The molecule has 114 valence electrons. The first-order valence-corrected chi connectivity index (χ1v) is 7.53. The summed E-state index contributed by atoms with van der Waals surface area (Å²) < 4.78 is 5.30. The molecule has 0 bridgehead atoms. The van der Waals surface area contributed by atoms with Gasteiger partial charge in [0.05, 0.1) is 11.8 Å². The molecule has 1 aromatic heterocycles. The van der Waals surface area contributed by atoms with Gasteiger partial charge >= 0.3 is 0 Å². The van der Waals surface area contributed by atoms with Gasteiger partial charge < -0.3 is 14.7 Å². The van der Waals surface area contributed by atoms with Crippen molar-refractivity contribution in [2.75, 3.05) is 26.3 Å². The molecule has 2 saturated heterocycles. The van der Waals surface area contributed by atoms with Crippen LogP contribution in [0.2, 0.25) is 0 Å². The molecule has 0 saturated carbocycles. The van der Waals surface area contributed by atoms with Gasteiger partial charge in [-0.15, -0.1) is 0 Å². The van der Waals surface area contributed by atoms with Crippen LogP contribution in [0.4, 0.5) is 0 Å². The third-order valence-electron chi connectivity index (χ3n) is 4.38.